The molecule has 0 spiro atoms. The minimum absolute atomic E-state index is 0.172. The van der Waals surface area contributed by atoms with E-state index < -0.39 is 0 Å². The summed E-state index contributed by atoms with van der Waals surface area (Å²) in [7, 11) is 1.87. The molecule has 0 fully saturated rings. The lowest BCUT2D eigenvalue weighted by molar-refractivity contribution is 0.221. The number of nitrogen functional groups attached to an aromatic ring is 1. The maximum Gasteiger partial charge on any atom is 0.166 e. The molecular weight excluding hydrogens is 284 g/mol. The van der Waals surface area contributed by atoms with Crippen LogP contribution in [-0.2, 0) is 7.05 Å². The fourth-order valence-corrected chi connectivity index (χ4v) is 1.74. The molecule has 0 radical (unpaired) electrons. The number of ether oxygens (including phenoxy) is 1. The van der Waals surface area contributed by atoms with Gasteiger partial charge in [-0.25, -0.2) is 4.98 Å². The second-order valence-corrected chi connectivity index (χ2v) is 4.63. The number of aryl methyl sites for hydroxylation is 1. The van der Waals surface area contributed by atoms with Gasteiger partial charge in [0.15, 0.2) is 11.6 Å². The van der Waals surface area contributed by atoms with Gasteiger partial charge in [0.1, 0.15) is 11.8 Å². The third-order valence-corrected chi connectivity index (χ3v) is 2.74. The van der Waals surface area contributed by atoms with E-state index in [1.54, 1.807) is 16.9 Å². The van der Waals surface area contributed by atoms with E-state index in [-0.39, 0.29) is 6.10 Å². The van der Waals surface area contributed by atoms with Crippen LogP contribution in [0.5, 0.6) is 5.75 Å². The SMILES string of the molecule is CC(Oc1cc(Br)cnc1N)c1ccn(C)n1. The summed E-state index contributed by atoms with van der Waals surface area (Å²) in [4.78, 5) is 4.01. The molecule has 0 aromatic carbocycles. The van der Waals surface area contributed by atoms with Crippen LogP contribution in [0, 0.1) is 0 Å². The molecule has 0 aliphatic heterocycles. The minimum Gasteiger partial charge on any atom is -0.480 e. The summed E-state index contributed by atoms with van der Waals surface area (Å²) in [6, 6.07) is 3.70. The number of aromatic nitrogens is 3. The summed E-state index contributed by atoms with van der Waals surface area (Å²) >= 11 is 3.33. The Kier molecular flexibility index (Phi) is 3.33. The van der Waals surface area contributed by atoms with E-state index in [9.17, 15) is 0 Å². The highest BCUT2D eigenvalue weighted by Crippen LogP contribution is 2.27. The molecule has 2 aromatic heterocycles. The van der Waals surface area contributed by atoms with E-state index in [4.69, 9.17) is 10.5 Å². The topological polar surface area (TPSA) is 66.0 Å². The van der Waals surface area contributed by atoms with Crippen molar-refractivity contribution in [3.05, 3.63) is 34.7 Å². The first kappa shape index (κ1) is 11.9. The smallest absolute Gasteiger partial charge is 0.166 e. The van der Waals surface area contributed by atoms with Gasteiger partial charge in [0.05, 0.1) is 0 Å². The maximum absolute atomic E-state index is 5.74. The number of nitrogens with zero attached hydrogens (tertiary/aromatic N) is 3. The van der Waals surface area contributed by atoms with Gasteiger partial charge in [0.2, 0.25) is 0 Å². The number of hydrogen-bond donors (Lipinski definition) is 1. The highest BCUT2D eigenvalue weighted by atomic mass is 79.9. The third kappa shape index (κ3) is 2.76. The van der Waals surface area contributed by atoms with Crippen LogP contribution in [0.3, 0.4) is 0 Å². The van der Waals surface area contributed by atoms with Crippen molar-refractivity contribution in [2.24, 2.45) is 7.05 Å². The van der Waals surface area contributed by atoms with Crippen LogP contribution in [0.1, 0.15) is 18.7 Å². The number of nitrogens with two attached hydrogens (primary N) is 1. The Bertz CT molecular complexity index is 526. The molecule has 0 amide bonds. The average molecular weight is 297 g/mol. The van der Waals surface area contributed by atoms with Gasteiger partial charge in [-0.2, -0.15) is 5.10 Å². The number of hydrogen-bond acceptors (Lipinski definition) is 4. The highest BCUT2D eigenvalue weighted by Gasteiger charge is 2.12. The van der Waals surface area contributed by atoms with E-state index in [0.717, 1.165) is 10.2 Å². The lowest BCUT2D eigenvalue weighted by Gasteiger charge is -2.13. The molecule has 6 heteroatoms. The Morgan fingerprint density at radius 1 is 1.53 bits per heavy atom. The number of pyridine rings is 1. The molecule has 17 heavy (non-hydrogen) atoms. The number of rotatable bonds is 3. The van der Waals surface area contributed by atoms with Gasteiger partial charge in [-0.1, -0.05) is 0 Å². The zero-order valence-electron chi connectivity index (χ0n) is 9.59. The second-order valence-electron chi connectivity index (χ2n) is 3.71. The zero-order valence-corrected chi connectivity index (χ0v) is 11.2. The van der Waals surface area contributed by atoms with Crippen molar-refractivity contribution in [3.63, 3.8) is 0 Å². The molecule has 2 heterocycles. The molecule has 5 nitrogen and oxygen atoms in total. The number of halogens is 1. The molecule has 0 bridgehead atoms. The van der Waals surface area contributed by atoms with Crippen LogP contribution in [0.25, 0.3) is 0 Å². The quantitative estimate of drug-likeness (QED) is 0.944. The van der Waals surface area contributed by atoms with E-state index in [0.29, 0.717) is 11.6 Å². The van der Waals surface area contributed by atoms with Crippen molar-refractivity contribution >= 4 is 21.7 Å². The van der Waals surface area contributed by atoms with Gasteiger partial charge in [0, 0.05) is 23.9 Å². The van der Waals surface area contributed by atoms with E-state index >= 15 is 0 Å². The van der Waals surface area contributed by atoms with Crippen molar-refractivity contribution in [1.29, 1.82) is 0 Å². The molecule has 0 saturated heterocycles. The maximum atomic E-state index is 5.74. The lowest BCUT2D eigenvalue weighted by atomic mass is 10.3. The predicted octanol–water partition coefficient (Wildman–Crippen LogP) is 2.30. The first-order valence-corrected chi connectivity index (χ1v) is 5.93. The fraction of sp³-hybridized carbons (Fsp3) is 0.273. The zero-order chi connectivity index (χ0) is 12.4. The lowest BCUT2D eigenvalue weighted by Crippen LogP contribution is -2.07. The van der Waals surface area contributed by atoms with Crippen molar-refractivity contribution in [3.8, 4) is 5.75 Å². The van der Waals surface area contributed by atoms with Gasteiger partial charge in [-0.3, -0.25) is 4.68 Å². The van der Waals surface area contributed by atoms with Gasteiger partial charge < -0.3 is 10.5 Å². The molecule has 1 atom stereocenters. The van der Waals surface area contributed by atoms with E-state index in [1.165, 1.54) is 0 Å². The van der Waals surface area contributed by atoms with Crippen LogP contribution in [-0.4, -0.2) is 14.8 Å². The van der Waals surface area contributed by atoms with Crippen LogP contribution >= 0.6 is 15.9 Å². The highest BCUT2D eigenvalue weighted by molar-refractivity contribution is 9.10. The summed E-state index contributed by atoms with van der Waals surface area (Å²) in [5.41, 5.74) is 6.59. The van der Waals surface area contributed by atoms with Crippen molar-refractivity contribution in [2.45, 2.75) is 13.0 Å². The molecule has 0 aliphatic carbocycles. The normalized spacial score (nSPS) is 12.4. The summed E-state index contributed by atoms with van der Waals surface area (Å²) in [5.74, 6) is 0.925. The Hall–Kier alpha value is -1.56. The first-order valence-electron chi connectivity index (χ1n) is 5.13. The van der Waals surface area contributed by atoms with Crippen LogP contribution in [0.15, 0.2) is 29.0 Å². The molecular formula is C11H13BrN4O. The van der Waals surface area contributed by atoms with Crippen LogP contribution in [0.4, 0.5) is 5.82 Å². The molecule has 90 valence electrons. The monoisotopic (exact) mass is 296 g/mol. The molecule has 2 aromatic rings. The Labute approximate surface area is 108 Å². The standard InChI is InChI=1S/C11H13BrN4O/c1-7(9-3-4-16(2)15-9)17-10-5-8(12)6-14-11(10)13/h3-7H,1-2H3,(H2,13,14). The predicted molar refractivity (Wildman–Crippen MR) is 68.6 cm³/mol. The largest absolute Gasteiger partial charge is 0.480 e. The van der Waals surface area contributed by atoms with E-state index in [1.807, 2.05) is 26.2 Å². The van der Waals surface area contributed by atoms with E-state index in [2.05, 4.69) is 26.0 Å². The summed E-state index contributed by atoms with van der Waals surface area (Å²) in [6.45, 7) is 1.92. The number of anilines is 1. The molecule has 2 rings (SSSR count). The Balaban J connectivity index is 2.18. The van der Waals surface area contributed by atoms with Crippen LogP contribution in [0.2, 0.25) is 0 Å². The van der Waals surface area contributed by atoms with Gasteiger partial charge >= 0.3 is 0 Å². The van der Waals surface area contributed by atoms with Gasteiger partial charge in [-0.15, -0.1) is 0 Å². The first-order chi connectivity index (χ1) is 8.06. The van der Waals surface area contributed by atoms with Crippen LogP contribution < -0.4 is 10.5 Å². The second kappa shape index (κ2) is 4.75. The fourth-order valence-electron chi connectivity index (χ4n) is 1.43. The summed E-state index contributed by atoms with van der Waals surface area (Å²) in [5, 5.41) is 4.28. The van der Waals surface area contributed by atoms with Crippen molar-refractivity contribution in [2.75, 3.05) is 5.73 Å². The molecule has 0 saturated carbocycles. The summed E-state index contributed by atoms with van der Waals surface area (Å²) in [6.07, 6.45) is 3.33. The summed E-state index contributed by atoms with van der Waals surface area (Å²) < 4.78 is 8.29. The average Bonchev–Trinajstić information content (AvgIpc) is 2.70. The van der Waals surface area contributed by atoms with Crippen molar-refractivity contribution < 1.29 is 4.74 Å². The molecule has 2 N–H and O–H groups in total. The minimum atomic E-state index is -0.172. The Morgan fingerprint density at radius 3 is 2.94 bits per heavy atom. The van der Waals surface area contributed by atoms with Gasteiger partial charge in [-0.05, 0) is 35.0 Å². The van der Waals surface area contributed by atoms with Gasteiger partial charge in [0.25, 0.3) is 0 Å². The molecule has 1 unspecified atom stereocenters. The Morgan fingerprint density at radius 2 is 2.29 bits per heavy atom. The molecule has 0 aliphatic rings. The third-order valence-electron chi connectivity index (χ3n) is 2.30. The van der Waals surface area contributed by atoms with Crippen molar-refractivity contribution in [1.82, 2.24) is 14.8 Å².